The first kappa shape index (κ1) is 15.1. The molecule has 0 aliphatic carbocycles. The van der Waals surface area contributed by atoms with Crippen molar-refractivity contribution in [1.82, 2.24) is 0 Å². The molecule has 0 saturated carbocycles. The van der Waals surface area contributed by atoms with Crippen molar-refractivity contribution in [3.8, 4) is 11.5 Å². The van der Waals surface area contributed by atoms with Gasteiger partial charge in [-0.25, -0.2) is 4.79 Å². The summed E-state index contributed by atoms with van der Waals surface area (Å²) in [6.07, 6.45) is 0. The molecule has 8 nitrogen and oxygen atoms in total. The van der Waals surface area contributed by atoms with Crippen LogP contribution in [-0.2, 0) is 4.74 Å². The van der Waals surface area contributed by atoms with E-state index in [9.17, 15) is 25.1 Å². The number of ether oxygens (including phenoxy) is 1. The van der Waals surface area contributed by atoms with E-state index in [1.807, 2.05) is 0 Å². The Kier molecular flexibility index (Phi) is 4.12. The Morgan fingerprint density at radius 3 is 2.41 bits per heavy atom. The number of nitro benzene ring substituents is 1. The fourth-order valence-corrected chi connectivity index (χ4v) is 1.94. The summed E-state index contributed by atoms with van der Waals surface area (Å²) in [4.78, 5) is 22.2. The number of carbonyl (C=O) groups is 1. The highest BCUT2D eigenvalue weighted by Gasteiger charge is 2.25. The van der Waals surface area contributed by atoms with Gasteiger partial charge in [0.25, 0.3) is 5.69 Å². The number of anilines is 2. The standard InChI is InChI=1S/C14H12N2O6/c1-22-14(19)13-11(3-2-4-12(13)16(20)21)15-8-5-9(17)7-10(18)6-8/h2-7,15,17-18H,1H3. The Bertz CT molecular complexity index is 724. The predicted molar refractivity (Wildman–Crippen MR) is 77.5 cm³/mol. The Balaban J connectivity index is 2.52. The zero-order valence-corrected chi connectivity index (χ0v) is 11.4. The summed E-state index contributed by atoms with van der Waals surface area (Å²) in [6.45, 7) is 0. The second-order valence-corrected chi connectivity index (χ2v) is 4.31. The van der Waals surface area contributed by atoms with E-state index in [2.05, 4.69) is 10.1 Å². The van der Waals surface area contributed by atoms with Crippen LogP contribution in [0.5, 0.6) is 11.5 Å². The number of benzene rings is 2. The highest BCUT2D eigenvalue weighted by atomic mass is 16.6. The molecular formula is C14H12N2O6. The number of phenolic OH excluding ortho intramolecular Hbond substituents is 2. The molecule has 0 aromatic heterocycles. The zero-order chi connectivity index (χ0) is 16.3. The van der Waals surface area contributed by atoms with Crippen LogP contribution >= 0.6 is 0 Å². The number of esters is 1. The molecule has 0 heterocycles. The Labute approximate surface area is 124 Å². The Morgan fingerprint density at radius 1 is 1.23 bits per heavy atom. The van der Waals surface area contributed by atoms with E-state index in [1.54, 1.807) is 0 Å². The number of hydrogen-bond acceptors (Lipinski definition) is 7. The van der Waals surface area contributed by atoms with Crippen molar-refractivity contribution in [2.75, 3.05) is 12.4 Å². The van der Waals surface area contributed by atoms with E-state index in [1.165, 1.54) is 30.3 Å². The van der Waals surface area contributed by atoms with Gasteiger partial charge in [-0.3, -0.25) is 10.1 Å². The first-order chi connectivity index (χ1) is 10.4. The van der Waals surface area contributed by atoms with E-state index in [4.69, 9.17) is 0 Å². The minimum Gasteiger partial charge on any atom is -0.508 e. The monoisotopic (exact) mass is 304 g/mol. The molecule has 2 rings (SSSR count). The van der Waals surface area contributed by atoms with Crippen LogP contribution in [0, 0.1) is 10.1 Å². The lowest BCUT2D eigenvalue weighted by atomic mass is 10.1. The van der Waals surface area contributed by atoms with E-state index in [0.717, 1.165) is 13.2 Å². The number of carbonyl (C=O) groups excluding carboxylic acids is 1. The molecule has 0 amide bonds. The molecule has 2 aromatic carbocycles. The molecule has 0 aliphatic rings. The summed E-state index contributed by atoms with van der Waals surface area (Å²) >= 11 is 0. The molecule has 0 fully saturated rings. The predicted octanol–water partition coefficient (Wildman–Crippen LogP) is 2.54. The number of methoxy groups -OCH3 is 1. The van der Waals surface area contributed by atoms with Crippen LogP contribution < -0.4 is 5.32 Å². The third-order valence-corrected chi connectivity index (χ3v) is 2.81. The van der Waals surface area contributed by atoms with Crippen LogP contribution in [0.4, 0.5) is 17.1 Å². The number of rotatable bonds is 4. The summed E-state index contributed by atoms with van der Waals surface area (Å²) < 4.78 is 4.57. The van der Waals surface area contributed by atoms with Crippen LogP contribution in [0.1, 0.15) is 10.4 Å². The number of aromatic hydroxyl groups is 2. The van der Waals surface area contributed by atoms with Crippen molar-refractivity contribution in [2.24, 2.45) is 0 Å². The quantitative estimate of drug-likeness (QED) is 0.450. The number of phenols is 2. The van der Waals surface area contributed by atoms with E-state index >= 15 is 0 Å². The average Bonchev–Trinajstić information content (AvgIpc) is 2.45. The highest BCUT2D eigenvalue weighted by Crippen LogP contribution is 2.32. The molecule has 2 aromatic rings. The molecule has 0 radical (unpaired) electrons. The molecule has 0 saturated heterocycles. The van der Waals surface area contributed by atoms with Crippen molar-refractivity contribution < 1.29 is 24.7 Å². The highest BCUT2D eigenvalue weighted by molar-refractivity contribution is 6.00. The maximum absolute atomic E-state index is 11.8. The van der Waals surface area contributed by atoms with Crippen molar-refractivity contribution in [3.05, 3.63) is 52.1 Å². The Hall–Kier alpha value is -3.29. The van der Waals surface area contributed by atoms with Gasteiger partial charge in [-0.2, -0.15) is 0 Å². The van der Waals surface area contributed by atoms with Crippen LogP contribution in [0.25, 0.3) is 0 Å². The maximum atomic E-state index is 11.8. The molecule has 0 aliphatic heterocycles. The smallest absolute Gasteiger partial charge is 0.347 e. The largest absolute Gasteiger partial charge is 0.508 e. The second-order valence-electron chi connectivity index (χ2n) is 4.31. The first-order valence-electron chi connectivity index (χ1n) is 6.08. The van der Waals surface area contributed by atoms with Crippen LogP contribution in [0.15, 0.2) is 36.4 Å². The first-order valence-corrected chi connectivity index (χ1v) is 6.08. The lowest BCUT2D eigenvalue weighted by Crippen LogP contribution is -2.09. The van der Waals surface area contributed by atoms with Gasteiger partial charge in [0.2, 0.25) is 0 Å². The molecule has 0 unspecified atom stereocenters. The zero-order valence-electron chi connectivity index (χ0n) is 11.4. The summed E-state index contributed by atoms with van der Waals surface area (Å²) in [5.74, 6) is -1.28. The number of nitrogens with zero attached hydrogens (tertiary/aromatic N) is 1. The molecular weight excluding hydrogens is 292 g/mol. The van der Waals surface area contributed by atoms with Gasteiger partial charge in [0.1, 0.15) is 11.5 Å². The molecule has 3 N–H and O–H groups in total. The normalized spacial score (nSPS) is 10.0. The van der Waals surface area contributed by atoms with Crippen molar-refractivity contribution in [1.29, 1.82) is 0 Å². The number of hydrogen-bond donors (Lipinski definition) is 3. The third kappa shape index (κ3) is 3.06. The summed E-state index contributed by atoms with van der Waals surface area (Å²) in [7, 11) is 1.11. The maximum Gasteiger partial charge on any atom is 0.347 e. The summed E-state index contributed by atoms with van der Waals surface area (Å²) in [6, 6.07) is 7.73. The van der Waals surface area contributed by atoms with E-state index in [0.29, 0.717) is 0 Å². The molecule has 8 heteroatoms. The van der Waals surface area contributed by atoms with E-state index in [-0.39, 0.29) is 28.4 Å². The van der Waals surface area contributed by atoms with Crippen LogP contribution in [-0.4, -0.2) is 28.2 Å². The molecule has 22 heavy (non-hydrogen) atoms. The van der Waals surface area contributed by atoms with Crippen molar-refractivity contribution >= 4 is 23.0 Å². The molecule has 0 bridgehead atoms. The minimum absolute atomic E-state index is 0.117. The fraction of sp³-hybridized carbons (Fsp3) is 0.0714. The van der Waals surface area contributed by atoms with Gasteiger partial charge in [0.15, 0.2) is 5.56 Å². The van der Waals surface area contributed by atoms with Crippen LogP contribution in [0.2, 0.25) is 0 Å². The fourth-order valence-electron chi connectivity index (χ4n) is 1.94. The second kappa shape index (κ2) is 6.00. The van der Waals surface area contributed by atoms with Gasteiger partial charge in [-0.15, -0.1) is 0 Å². The Morgan fingerprint density at radius 2 is 1.86 bits per heavy atom. The molecule has 114 valence electrons. The van der Waals surface area contributed by atoms with Crippen molar-refractivity contribution in [2.45, 2.75) is 0 Å². The lowest BCUT2D eigenvalue weighted by molar-refractivity contribution is -0.385. The van der Waals surface area contributed by atoms with Gasteiger partial charge >= 0.3 is 5.97 Å². The minimum atomic E-state index is -0.876. The van der Waals surface area contributed by atoms with Crippen LogP contribution in [0.3, 0.4) is 0 Å². The van der Waals surface area contributed by atoms with E-state index < -0.39 is 16.6 Å². The van der Waals surface area contributed by atoms with Crippen molar-refractivity contribution in [3.63, 3.8) is 0 Å². The summed E-state index contributed by atoms with van der Waals surface area (Å²) in [5, 5.41) is 32.7. The number of nitrogens with one attached hydrogen (secondary N) is 1. The van der Waals surface area contributed by atoms with Gasteiger partial charge in [0.05, 0.1) is 17.7 Å². The number of nitro groups is 1. The molecule has 0 atom stereocenters. The summed E-state index contributed by atoms with van der Waals surface area (Å²) in [5.41, 5.74) is -0.298. The topological polar surface area (TPSA) is 122 Å². The van der Waals surface area contributed by atoms with Gasteiger partial charge in [-0.1, -0.05) is 6.07 Å². The SMILES string of the molecule is COC(=O)c1c(Nc2cc(O)cc(O)c2)cccc1[N+](=O)[O-]. The van der Waals surface area contributed by atoms with Gasteiger partial charge in [0, 0.05) is 30.0 Å². The lowest BCUT2D eigenvalue weighted by Gasteiger charge is -2.11. The average molecular weight is 304 g/mol. The van der Waals surface area contributed by atoms with Gasteiger partial charge in [-0.05, 0) is 6.07 Å². The third-order valence-electron chi connectivity index (χ3n) is 2.81. The molecule has 0 spiro atoms. The van der Waals surface area contributed by atoms with Gasteiger partial charge < -0.3 is 20.3 Å².